The largest absolute Gasteiger partial charge is 0.356 e. The smallest absolute Gasteiger partial charge is 0.270 e. The zero-order valence-corrected chi connectivity index (χ0v) is 16.7. The highest BCUT2D eigenvalue weighted by Crippen LogP contribution is 2.32. The Kier molecular flexibility index (Phi) is 5.92. The van der Waals surface area contributed by atoms with Crippen molar-refractivity contribution in [3.63, 3.8) is 0 Å². The molecular weight excluding hydrogens is 356 g/mol. The summed E-state index contributed by atoms with van der Waals surface area (Å²) in [6.45, 7) is 5.44. The Morgan fingerprint density at radius 1 is 1.21 bits per heavy atom. The second-order valence-electron chi connectivity index (χ2n) is 7.87. The Bertz CT molecular complexity index is 733. The fourth-order valence-corrected chi connectivity index (χ4v) is 4.25. The maximum Gasteiger partial charge on any atom is 0.270 e. The van der Waals surface area contributed by atoms with Crippen molar-refractivity contribution in [2.24, 2.45) is 0 Å². The average molecular weight is 386 g/mol. The molecule has 0 aromatic carbocycles. The normalized spacial score (nSPS) is 21.6. The lowest BCUT2D eigenvalue weighted by Gasteiger charge is -2.38. The van der Waals surface area contributed by atoms with Crippen LogP contribution in [0.1, 0.15) is 61.3 Å². The third-order valence-corrected chi connectivity index (χ3v) is 5.84. The minimum Gasteiger partial charge on any atom is -0.356 e. The highest BCUT2D eigenvalue weighted by Gasteiger charge is 2.40. The van der Waals surface area contributed by atoms with Crippen molar-refractivity contribution < 1.29 is 14.3 Å². The average Bonchev–Trinajstić information content (AvgIpc) is 3.17. The van der Waals surface area contributed by atoms with E-state index in [2.05, 4.69) is 26.3 Å². The quantitative estimate of drug-likeness (QED) is 0.784. The first-order chi connectivity index (χ1) is 13.6. The van der Waals surface area contributed by atoms with Gasteiger partial charge in [-0.25, -0.2) is 9.97 Å². The van der Waals surface area contributed by atoms with Crippen molar-refractivity contribution in [2.45, 2.75) is 57.7 Å². The maximum atomic E-state index is 12.6. The van der Waals surface area contributed by atoms with E-state index in [1.165, 1.54) is 24.8 Å². The summed E-state index contributed by atoms with van der Waals surface area (Å²) in [6.07, 6.45) is 9.76. The number of ether oxygens (including phenoxy) is 2. The van der Waals surface area contributed by atoms with E-state index in [4.69, 9.17) is 9.47 Å². The summed E-state index contributed by atoms with van der Waals surface area (Å²) >= 11 is 0. The number of hydrogen-bond donors (Lipinski definition) is 1. The summed E-state index contributed by atoms with van der Waals surface area (Å²) in [6, 6.07) is 1.80. The first-order valence-corrected chi connectivity index (χ1v) is 10.5. The van der Waals surface area contributed by atoms with Gasteiger partial charge in [-0.3, -0.25) is 4.79 Å². The van der Waals surface area contributed by atoms with Gasteiger partial charge in [-0.15, -0.1) is 0 Å². The van der Waals surface area contributed by atoms with Crippen LogP contribution in [0.5, 0.6) is 0 Å². The molecule has 1 aliphatic carbocycles. The molecule has 2 aliphatic heterocycles. The number of allylic oxidation sites excluding steroid dienone is 1. The molecule has 0 unspecified atom stereocenters. The second kappa shape index (κ2) is 8.57. The van der Waals surface area contributed by atoms with Crippen LogP contribution in [0, 0.1) is 6.92 Å². The number of anilines is 1. The van der Waals surface area contributed by atoms with Gasteiger partial charge < -0.3 is 19.7 Å². The standard InChI is InChI=1S/C21H30N4O3/c1-16-23-18(20(26)22-10-7-17-5-3-2-4-6-17)15-19(24-16)25-11-8-21(9-12-25)27-13-14-28-21/h5,15H,2-4,6-14H2,1H3,(H,22,26). The van der Waals surface area contributed by atoms with Gasteiger partial charge in [0.15, 0.2) is 5.79 Å². The van der Waals surface area contributed by atoms with Crippen molar-refractivity contribution in [3.8, 4) is 0 Å². The highest BCUT2D eigenvalue weighted by atomic mass is 16.7. The van der Waals surface area contributed by atoms with Gasteiger partial charge in [0.05, 0.1) is 13.2 Å². The molecule has 1 amide bonds. The molecule has 2 saturated heterocycles. The summed E-state index contributed by atoms with van der Waals surface area (Å²) < 4.78 is 11.6. The van der Waals surface area contributed by atoms with Gasteiger partial charge in [-0.2, -0.15) is 0 Å². The first-order valence-electron chi connectivity index (χ1n) is 10.5. The van der Waals surface area contributed by atoms with Crippen LogP contribution >= 0.6 is 0 Å². The Morgan fingerprint density at radius 3 is 2.71 bits per heavy atom. The second-order valence-corrected chi connectivity index (χ2v) is 7.87. The molecule has 7 nitrogen and oxygen atoms in total. The van der Waals surface area contributed by atoms with E-state index in [1.807, 2.05) is 6.92 Å². The number of aryl methyl sites for hydroxylation is 1. The van der Waals surface area contributed by atoms with E-state index >= 15 is 0 Å². The van der Waals surface area contributed by atoms with Crippen molar-refractivity contribution in [2.75, 3.05) is 37.7 Å². The van der Waals surface area contributed by atoms with Gasteiger partial charge >= 0.3 is 0 Å². The van der Waals surface area contributed by atoms with Crippen LogP contribution in [0.3, 0.4) is 0 Å². The Balaban J connectivity index is 1.35. The Labute approximate surface area is 166 Å². The number of carbonyl (C=O) groups is 1. The zero-order chi connectivity index (χ0) is 19.4. The molecule has 0 bridgehead atoms. The number of aromatic nitrogens is 2. The summed E-state index contributed by atoms with van der Waals surface area (Å²) in [4.78, 5) is 23.7. The van der Waals surface area contributed by atoms with Gasteiger partial charge in [-0.1, -0.05) is 11.6 Å². The lowest BCUT2D eigenvalue weighted by molar-refractivity contribution is -0.169. The fraction of sp³-hybridized carbons (Fsp3) is 0.667. The third kappa shape index (κ3) is 4.52. The van der Waals surface area contributed by atoms with E-state index in [-0.39, 0.29) is 5.91 Å². The number of rotatable bonds is 5. The summed E-state index contributed by atoms with van der Waals surface area (Å²) in [5.74, 6) is 0.887. The van der Waals surface area contributed by atoms with Crippen LogP contribution in [0.25, 0.3) is 0 Å². The van der Waals surface area contributed by atoms with Gasteiger partial charge in [0.25, 0.3) is 5.91 Å². The van der Waals surface area contributed by atoms with E-state index in [1.54, 1.807) is 6.07 Å². The molecular formula is C21H30N4O3. The zero-order valence-electron chi connectivity index (χ0n) is 16.7. The summed E-state index contributed by atoms with van der Waals surface area (Å²) in [5.41, 5.74) is 1.90. The van der Waals surface area contributed by atoms with Crippen LogP contribution in [-0.2, 0) is 9.47 Å². The molecule has 3 aliphatic rings. The van der Waals surface area contributed by atoms with Crippen molar-refractivity contribution >= 4 is 11.7 Å². The molecule has 152 valence electrons. The van der Waals surface area contributed by atoms with Crippen LogP contribution in [0.15, 0.2) is 17.7 Å². The summed E-state index contributed by atoms with van der Waals surface area (Å²) in [7, 11) is 0. The van der Waals surface area contributed by atoms with E-state index in [0.717, 1.165) is 44.6 Å². The number of amides is 1. The van der Waals surface area contributed by atoms with Gasteiger partial charge in [0.1, 0.15) is 17.3 Å². The number of nitrogens with one attached hydrogen (secondary N) is 1. The molecule has 28 heavy (non-hydrogen) atoms. The van der Waals surface area contributed by atoms with Crippen molar-refractivity contribution in [3.05, 3.63) is 29.2 Å². The SMILES string of the molecule is Cc1nc(C(=O)NCCC2=CCCCC2)cc(N2CCC3(CC2)OCCO3)n1. The van der Waals surface area contributed by atoms with Crippen LogP contribution in [-0.4, -0.2) is 54.5 Å². The maximum absolute atomic E-state index is 12.6. The fourth-order valence-electron chi connectivity index (χ4n) is 4.25. The van der Waals surface area contributed by atoms with Crippen molar-refractivity contribution in [1.82, 2.24) is 15.3 Å². The predicted octanol–water partition coefficient (Wildman–Crippen LogP) is 2.75. The molecule has 0 atom stereocenters. The summed E-state index contributed by atoms with van der Waals surface area (Å²) in [5, 5.41) is 3.01. The molecule has 4 rings (SSSR count). The van der Waals surface area contributed by atoms with E-state index in [0.29, 0.717) is 31.3 Å². The number of nitrogens with zero attached hydrogens (tertiary/aromatic N) is 3. The Morgan fingerprint density at radius 2 is 2.00 bits per heavy atom. The molecule has 1 N–H and O–H groups in total. The van der Waals surface area contributed by atoms with Crippen LogP contribution in [0.2, 0.25) is 0 Å². The van der Waals surface area contributed by atoms with E-state index < -0.39 is 5.79 Å². The third-order valence-electron chi connectivity index (χ3n) is 5.84. The molecule has 1 aromatic rings. The molecule has 1 spiro atoms. The van der Waals surface area contributed by atoms with E-state index in [9.17, 15) is 4.79 Å². The molecule has 0 saturated carbocycles. The van der Waals surface area contributed by atoms with Gasteiger partial charge in [0, 0.05) is 38.5 Å². The molecule has 2 fully saturated rings. The monoisotopic (exact) mass is 386 g/mol. The predicted molar refractivity (Wildman–Crippen MR) is 106 cm³/mol. The number of carbonyl (C=O) groups excluding carboxylic acids is 1. The Hall–Kier alpha value is -1.99. The lowest BCUT2D eigenvalue weighted by Crippen LogP contribution is -2.45. The lowest BCUT2D eigenvalue weighted by atomic mass is 9.97. The molecule has 3 heterocycles. The van der Waals surface area contributed by atoms with Crippen LogP contribution < -0.4 is 10.2 Å². The first kappa shape index (κ1) is 19.3. The van der Waals surface area contributed by atoms with Gasteiger partial charge in [-0.05, 0) is 39.0 Å². The minimum atomic E-state index is -0.410. The topological polar surface area (TPSA) is 76.6 Å². The van der Waals surface area contributed by atoms with Crippen molar-refractivity contribution in [1.29, 1.82) is 0 Å². The van der Waals surface area contributed by atoms with Crippen LogP contribution in [0.4, 0.5) is 5.82 Å². The highest BCUT2D eigenvalue weighted by molar-refractivity contribution is 5.92. The molecule has 7 heteroatoms. The number of piperidine rings is 1. The molecule has 1 aromatic heterocycles. The molecule has 0 radical (unpaired) electrons. The minimum absolute atomic E-state index is 0.126. The number of hydrogen-bond acceptors (Lipinski definition) is 6. The van der Waals surface area contributed by atoms with Gasteiger partial charge in [0.2, 0.25) is 0 Å².